The molecule has 4 nitrogen and oxygen atoms in total. The molecule has 1 heterocycles. The highest BCUT2D eigenvalue weighted by Crippen LogP contribution is 2.26. The number of nitrogens with zero attached hydrogens (tertiary/aromatic N) is 1. The summed E-state index contributed by atoms with van der Waals surface area (Å²) in [7, 11) is 0. The van der Waals surface area contributed by atoms with Crippen LogP contribution in [0.2, 0.25) is 10.0 Å². The molecule has 1 amide bonds. The average molecular weight is 324 g/mol. The van der Waals surface area contributed by atoms with Crippen LogP contribution < -0.4 is 5.32 Å². The summed E-state index contributed by atoms with van der Waals surface area (Å²) < 4.78 is 13.5. The monoisotopic (exact) mass is 323 g/mol. The third-order valence-electron chi connectivity index (χ3n) is 2.96. The van der Waals surface area contributed by atoms with Gasteiger partial charge in [-0.25, -0.2) is 4.39 Å². The fraction of sp³-hybridized carbons (Fsp3) is 0. The number of benzene rings is 2. The topological polar surface area (TPSA) is 57.8 Å². The van der Waals surface area contributed by atoms with Gasteiger partial charge in [0.2, 0.25) is 0 Å². The Bertz CT molecular complexity index is 847. The minimum Gasteiger partial charge on any atom is -0.305 e. The summed E-state index contributed by atoms with van der Waals surface area (Å²) >= 11 is 11.5. The zero-order valence-corrected chi connectivity index (χ0v) is 12.0. The second-order valence-corrected chi connectivity index (χ2v) is 5.13. The summed E-state index contributed by atoms with van der Waals surface area (Å²) in [5.74, 6) is -0.923. The molecule has 0 saturated carbocycles. The standard InChI is InChI=1S/C14H8Cl2FN3O/c15-9-6-10(16)11(17)5-8(9)14(21)18-13-7-3-1-2-4-12(7)19-20-13/h1-6H,(H2,18,19,20,21). The number of aromatic nitrogens is 2. The number of aromatic amines is 1. The number of halogens is 3. The van der Waals surface area contributed by atoms with Crippen molar-refractivity contribution in [1.82, 2.24) is 10.2 Å². The fourth-order valence-electron chi connectivity index (χ4n) is 1.93. The van der Waals surface area contributed by atoms with Gasteiger partial charge in [0.05, 0.1) is 21.1 Å². The molecule has 0 atom stereocenters. The van der Waals surface area contributed by atoms with Crippen molar-refractivity contribution in [2.24, 2.45) is 0 Å². The van der Waals surface area contributed by atoms with Gasteiger partial charge in [-0.1, -0.05) is 35.3 Å². The number of rotatable bonds is 2. The summed E-state index contributed by atoms with van der Waals surface area (Å²) in [4.78, 5) is 12.2. The molecule has 0 aliphatic rings. The summed E-state index contributed by atoms with van der Waals surface area (Å²) in [5.41, 5.74) is 0.770. The predicted octanol–water partition coefficient (Wildman–Crippen LogP) is 4.26. The van der Waals surface area contributed by atoms with Crippen LogP contribution >= 0.6 is 23.2 Å². The average Bonchev–Trinajstić information content (AvgIpc) is 2.86. The Balaban J connectivity index is 1.95. The number of carbonyl (C=O) groups is 1. The first-order chi connectivity index (χ1) is 10.1. The molecule has 0 aliphatic heterocycles. The molecule has 7 heteroatoms. The van der Waals surface area contributed by atoms with Crippen LogP contribution in [0.1, 0.15) is 10.4 Å². The Kier molecular flexibility index (Phi) is 3.53. The summed E-state index contributed by atoms with van der Waals surface area (Å²) in [6.07, 6.45) is 0. The molecule has 0 saturated heterocycles. The minimum absolute atomic E-state index is 0.00866. The van der Waals surface area contributed by atoms with E-state index >= 15 is 0 Å². The van der Waals surface area contributed by atoms with E-state index in [9.17, 15) is 9.18 Å². The van der Waals surface area contributed by atoms with Gasteiger partial charge in [-0.15, -0.1) is 0 Å². The Morgan fingerprint density at radius 3 is 2.76 bits per heavy atom. The van der Waals surface area contributed by atoms with Crippen molar-refractivity contribution < 1.29 is 9.18 Å². The maximum Gasteiger partial charge on any atom is 0.258 e. The van der Waals surface area contributed by atoms with Gasteiger partial charge in [-0.05, 0) is 24.3 Å². The molecule has 0 fully saturated rings. The second kappa shape index (κ2) is 5.35. The highest BCUT2D eigenvalue weighted by molar-refractivity contribution is 6.37. The number of hydrogen-bond donors (Lipinski definition) is 2. The predicted molar refractivity (Wildman–Crippen MR) is 80.5 cm³/mol. The van der Waals surface area contributed by atoms with Gasteiger partial charge in [-0.2, -0.15) is 5.10 Å². The number of nitrogens with one attached hydrogen (secondary N) is 2. The zero-order chi connectivity index (χ0) is 15.0. The Labute approximate surface area is 128 Å². The van der Waals surface area contributed by atoms with Crippen LogP contribution in [-0.2, 0) is 0 Å². The van der Waals surface area contributed by atoms with E-state index in [0.29, 0.717) is 5.82 Å². The van der Waals surface area contributed by atoms with Crippen molar-refractivity contribution in [3.8, 4) is 0 Å². The first kappa shape index (κ1) is 13.9. The van der Waals surface area contributed by atoms with Crippen LogP contribution in [-0.4, -0.2) is 16.1 Å². The Morgan fingerprint density at radius 2 is 1.95 bits per heavy atom. The van der Waals surface area contributed by atoms with E-state index in [0.717, 1.165) is 17.0 Å². The van der Waals surface area contributed by atoms with Crippen LogP contribution in [0.5, 0.6) is 0 Å². The molecule has 2 N–H and O–H groups in total. The SMILES string of the molecule is O=C(Nc1n[nH]c2ccccc12)c1cc(F)c(Cl)cc1Cl. The van der Waals surface area contributed by atoms with Crippen LogP contribution in [0.3, 0.4) is 0 Å². The third-order valence-corrected chi connectivity index (χ3v) is 3.56. The highest BCUT2D eigenvalue weighted by Gasteiger charge is 2.16. The summed E-state index contributed by atoms with van der Waals surface area (Å²) in [5, 5.41) is 10.1. The zero-order valence-electron chi connectivity index (χ0n) is 10.5. The molecule has 0 unspecified atom stereocenters. The fourth-order valence-corrected chi connectivity index (χ4v) is 2.40. The number of carbonyl (C=O) groups excluding carboxylic acids is 1. The number of fused-ring (bicyclic) bond motifs is 1. The first-order valence-corrected chi connectivity index (χ1v) is 6.71. The number of hydrogen-bond acceptors (Lipinski definition) is 2. The molecule has 3 aromatic rings. The van der Waals surface area contributed by atoms with E-state index in [1.165, 1.54) is 6.07 Å². The van der Waals surface area contributed by atoms with Gasteiger partial charge >= 0.3 is 0 Å². The van der Waals surface area contributed by atoms with Crippen LogP contribution in [0, 0.1) is 5.82 Å². The van der Waals surface area contributed by atoms with E-state index in [1.54, 1.807) is 6.07 Å². The van der Waals surface area contributed by atoms with Crippen molar-refractivity contribution >= 4 is 45.8 Å². The van der Waals surface area contributed by atoms with Crippen LogP contribution in [0.25, 0.3) is 10.9 Å². The molecular weight excluding hydrogens is 316 g/mol. The van der Waals surface area contributed by atoms with Crippen molar-refractivity contribution in [3.05, 3.63) is 57.8 Å². The van der Waals surface area contributed by atoms with Gasteiger partial charge < -0.3 is 5.32 Å². The van der Waals surface area contributed by atoms with Gasteiger partial charge in [0.25, 0.3) is 5.91 Å². The van der Waals surface area contributed by atoms with Gasteiger partial charge in [-0.3, -0.25) is 9.89 Å². The lowest BCUT2D eigenvalue weighted by molar-refractivity contribution is 0.102. The van der Waals surface area contributed by atoms with E-state index in [4.69, 9.17) is 23.2 Å². The quantitative estimate of drug-likeness (QED) is 0.692. The molecule has 21 heavy (non-hydrogen) atoms. The van der Waals surface area contributed by atoms with Crippen LogP contribution in [0.15, 0.2) is 36.4 Å². The van der Waals surface area contributed by atoms with E-state index in [2.05, 4.69) is 15.5 Å². The number of anilines is 1. The molecule has 0 bridgehead atoms. The van der Waals surface area contributed by atoms with Gasteiger partial charge in [0.15, 0.2) is 5.82 Å². The molecule has 2 aromatic carbocycles. The van der Waals surface area contributed by atoms with Crippen LogP contribution in [0.4, 0.5) is 10.2 Å². The number of H-pyrrole nitrogens is 1. The molecule has 0 spiro atoms. The summed E-state index contributed by atoms with van der Waals surface area (Å²) in [6, 6.07) is 9.48. The minimum atomic E-state index is -0.710. The van der Waals surface area contributed by atoms with E-state index in [-0.39, 0.29) is 15.6 Å². The van der Waals surface area contributed by atoms with Crippen molar-refractivity contribution in [2.75, 3.05) is 5.32 Å². The lowest BCUT2D eigenvalue weighted by Crippen LogP contribution is -2.13. The second-order valence-electron chi connectivity index (χ2n) is 4.32. The first-order valence-electron chi connectivity index (χ1n) is 5.95. The number of para-hydroxylation sites is 1. The molecule has 0 aliphatic carbocycles. The lowest BCUT2D eigenvalue weighted by atomic mass is 10.2. The van der Waals surface area contributed by atoms with E-state index < -0.39 is 11.7 Å². The number of amides is 1. The molecule has 1 aromatic heterocycles. The van der Waals surface area contributed by atoms with Gasteiger partial charge in [0.1, 0.15) is 5.82 Å². The van der Waals surface area contributed by atoms with Gasteiger partial charge in [0, 0.05) is 5.39 Å². The van der Waals surface area contributed by atoms with Crippen molar-refractivity contribution in [1.29, 1.82) is 0 Å². The smallest absolute Gasteiger partial charge is 0.258 e. The van der Waals surface area contributed by atoms with Crippen molar-refractivity contribution in [2.45, 2.75) is 0 Å². The molecule has 0 radical (unpaired) electrons. The summed E-state index contributed by atoms with van der Waals surface area (Å²) in [6.45, 7) is 0. The molecule has 106 valence electrons. The van der Waals surface area contributed by atoms with Crippen molar-refractivity contribution in [3.63, 3.8) is 0 Å². The highest BCUT2D eigenvalue weighted by atomic mass is 35.5. The Hall–Kier alpha value is -2.11. The maximum atomic E-state index is 13.5. The van der Waals surface area contributed by atoms with E-state index in [1.807, 2.05) is 18.2 Å². The molecule has 3 rings (SSSR count). The Morgan fingerprint density at radius 1 is 1.19 bits per heavy atom. The largest absolute Gasteiger partial charge is 0.305 e. The normalized spacial score (nSPS) is 10.8. The molecular formula is C14H8Cl2FN3O. The third kappa shape index (κ3) is 2.57. The lowest BCUT2D eigenvalue weighted by Gasteiger charge is -2.06. The maximum absolute atomic E-state index is 13.5.